The van der Waals surface area contributed by atoms with Crippen molar-refractivity contribution in [3.8, 4) is 0 Å². The van der Waals surface area contributed by atoms with E-state index in [4.69, 9.17) is 0 Å². The van der Waals surface area contributed by atoms with Crippen molar-refractivity contribution < 1.29 is 4.79 Å². The van der Waals surface area contributed by atoms with Gasteiger partial charge in [0, 0.05) is 18.7 Å². The molecule has 0 radical (unpaired) electrons. The molecule has 0 N–H and O–H groups in total. The van der Waals surface area contributed by atoms with Gasteiger partial charge in [0.15, 0.2) is 0 Å². The molecule has 96 valence electrons. The fourth-order valence-corrected chi connectivity index (χ4v) is 2.55. The summed E-state index contributed by atoms with van der Waals surface area (Å²) < 4.78 is 0. The number of amides is 1. The average molecular weight is 251 g/mol. The zero-order valence-electron chi connectivity index (χ0n) is 11.1. The fourth-order valence-electron chi connectivity index (χ4n) is 2.55. The van der Waals surface area contributed by atoms with E-state index in [1.54, 1.807) is 0 Å². The van der Waals surface area contributed by atoms with Gasteiger partial charge in [0.25, 0.3) is 5.91 Å². The second kappa shape index (κ2) is 4.88. The van der Waals surface area contributed by atoms with Gasteiger partial charge >= 0.3 is 0 Å². The second-order valence-electron chi connectivity index (χ2n) is 5.11. The SMILES string of the molecule is Cc1ccc(C(=O)N2CCc3ccccc3C2)cc1. The van der Waals surface area contributed by atoms with Gasteiger partial charge in [-0.1, -0.05) is 42.0 Å². The van der Waals surface area contributed by atoms with E-state index < -0.39 is 0 Å². The summed E-state index contributed by atoms with van der Waals surface area (Å²) in [6.07, 6.45) is 0.952. The lowest BCUT2D eigenvalue weighted by Crippen LogP contribution is -2.35. The van der Waals surface area contributed by atoms with Crippen LogP contribution >= 0.6 is 0 Å². The molecule has 0 unspecified atom stereocenters. The zero-order valence-corrected chi connectivity index (χ0v) is 11.1. The summed E-state index contributed by atoms with van der Waals surface area (Å²) in [6, 6.07) is 16.2. The molecule has 0 saturated heterocycles. The number of nitrogens with zero attached hydrogens (tertiary/aromatic N) is 1. The maximum absolute atomic E-state index is 12.4. The van der Waals surface area contributed by atoms with E-state index in [2.05, 4.69) is 18.2 Å². The molecule has 3 rings (SSSR count). The summed E-state index contributed by atoms with van der Waals surface area (Å²) in [5, 5.41) is 0. The normalized spacial score (nSPS) is 14.1. The Hall–Kier alpha value is -2.09. The van der Waals surface area contributed by atoms with E-state index in [0.29, 0.717) is 0 Å². The van der Waals surface area contributed by atoms with Gasteiger partial charge in [0.1, 0.15) is 0 Å². The van der Waals surface area contributed by atoms with Crippen molar-refractivity contribution in [2.45, 2.75) is 19.9 Å². The van der Waals surface area contributed by atoms with E-state index >= 15 is 0 Å². The van der Waals surface area contributed by atoms with Crippen LogP contribution in [0.15, 0.2) is 48.5 Å². The first-order valence-corrected chi connectivity index (χ1v) is 6.67. The predicted octanol–water partition coefficient (Wildman–Crippen LogP) is 3.19. The highest BCUT2D eigenvalue weighted by Crippen LogP contribution is 2.20. The molecule has 1 aliphatic rings. The number of aryl methyl sites for hydroxylation is 1. The summed E-state index contributed by atoms with van der Waals surface area (Å²) in [5.74, 6) is 0.134. The minimum absolute atomic E-state index is 0.134. The van der Waals surface area contributed by atoms with Crippen LogP contribution in [0, 0.1) is 6.92 Å². The first-order chi connectivity index (χ1) is 9.24. The summed E-state index contributed by atoms with van der Waals surface area (Å²) in [6.45, 7) is 3.57. The lowest BCUT2D eigenvalue weighted by molar-refractivity contribution is 0.0734. The van der Waals surface area contributed by atoms with Crippen LogP contribution in [0.2, 0.25) is 0 Å². The molecule has 0 aliphatic carbocycles. The Bertz CT molecular complexity index is 601. The largest absolute Gasteiger partial charge is 0.334 e. The van der Waals surface area contributed by atoms with Gasteiger partial charge in [0.2, 0.25) is 0 Å². The topological polar surface area (TPSA) is 20.3 Å². The molecule has 19 heavy (non-hydrogen) atoms. The minimum Gasteiger partial charge on any atom is -0.334 e. The van der Waals surface area contributed by atoms with Crippen LogP contribution in [0.3, 0.4) is 0 Å². The van der Waals surface area contributed by atoms with E-state index in [1.165, 1.54) is 16.7 Å². The van der Waals surface area contributed by atoms with Crippen molar-refractivity contribution in [2.24, 2.45) is 0 Å². The van der Waals surface area contributed by atoms with Gasteiger partial charge in [-0.3, -0.25) is 4.79 Å². The molecule has 2 nitrogen and oxygen atoms in total. The third kappa shape index (κ3) is 2.39. The maximum Gasteiger partial charge on any atom is 0.254 e. The summed E-state index contributed by atoms with van der Waals surface area (Å²) in [4.78, 5) is 14.4. The van der Waals surface area contributed by atoms with Crippen LogP contribution in [0.1, 0.15) is 27.0 Å². The van der Waals surface area contributed by atoms with Crippen LogP contribution < -0.4 is 0 Å². The highest BCUT2D eigenvalue weighted by atomic mass is 16.2. The van der Waals surface area contributed by atoms with Gasteiger partial charge < -0.3 is 4.90 Å². The average Bonchev–Trinajstić information content (AvgIpc) is 2.47. The molecular weight excluding hydrogens is 234 g/mol. The zero-order chi connectivity index (χ0) is 13.2. The number of rotatable bonds is 1. The molecule has 0 saturated carbocycles. The third-order valence-electron chi connectivity index (χ3n) is 3.72. The number of fused-ring (bicyclic) bond motifs is 1. The monoisotopic (exact) mass is 251 g/mol. The van der Waals surface area contributed by atoms with Crippen molar-refractivity contribution in [1.29, 1.82) is 0 Å². The molecule has 1 heterocycles. The number of carbonyl (C=O) groups is 1. The van der Waals surface area contributed by atoms with Crippen molar-refractivity contribution in [1.82, 2.24) is 4.90 Å². The number of benzene rings is 2. The highest BCUT2D eigenvalue weighted by Gasteiger charge is 2.21. The van der Waals surface area contributed by atoms with Crippen molar-refractivity contribution >= 4 is 5.91 Å². The molecule has 0 aromatic heterocycles. The van der Waals surface area contributed by atoms with Gasteiger partial charge in [-0.2, -0.15) is 0 Å². The van der Waals surface area contributed by atoms with E-state index in [0.717, 1.165) is 25.1 Å². The Balaban J connectivity index is 1.81. The van der Waals surface area contributed by atoms with Crippen LogP contribution in [0.4, 0.5) is 0 Å². The molecule has 2 aromatic carbocycles. The lowest BCUT2D eigenvalue weighted by atomic mass is 9.99. The Morgan fingerprint density at radius 3 is 2.42 bits per heavy atom. The van der Waals surface area contributed by atoms with Crippen molar-refractivity contribution in [3.05, 3.63) is 70.8 Å². The molecule has 0 fully saturated rings. The Morgan fingerprint density at radius 1 is 1.00 bits per heavy atom. The first-order valence-electron chi connectivity index (χ1n) is 6.67. The number of carbonyl (C=O) groups excluding carboxylic acids is 1. The Kier molecular flexibility index (Phi) is 3.08. The number of hydrogen-bond donors (Lipinski definition) is 0. The van der Waals surface area contributed by atoms with E-state index in [1.807, 2.05) is 42.2 Å². The molecule has 0 spiro atoms. The lowest BCUT2D eigenvalue weighted by Gasteiger charge is -2.29. The standard InChI is InChI=1S/C17H17NO/c1-13-6-8-15(9-7-13)17(19)18-11-10-14-4-2-3-5-16(14)12-18/h2-9H,10-12H2,1H3. The van der Waals surface area contributed by atoms with Gasteiger partial charge in [-0.05, 0) is 36.6 Å². The number of hydrogen-bond acceptors (Lipinski definition) is 1. The second-order valence-corrected chi connectivity index (χ2v) is 5.11. The maximum atomic E-state index is 12.4. The van der Waals surface area contributed by atoms with E-state index in [9.17, 15) is 4.79 Å². The molecular formula is C17H17NO. The quantitative estimate of drug-likeness (QED) is 0.762. The Morgan fingerprint density at radius 2 is 1.68 bits per heavy atom. The van der Waals surface area contributed by atoms with Gasteiger partial charge in [-0.25, -0.2) is 0 Å². The molecule has 0 atom stereocenters. The predicted molar refractivity (Wildman–Crippen MR) is 76.1 cm³/mol. The molecule has 0 bridgehead atoms. The van der Waals surface area contributed by atoms with E-state index in [-0.39, 0.29) is 5.91 Å². The third-order valence-corrected chi connectivity index (χ3v) is 3.72. The smallest absolute Gasteiger partial charge is 0.254 e. The fraction of sp³-hybridized carbons (Fsp3) is 0.235. The summed E-state index contributed by atoms with van der Waals surface area (Å²) >= 11 is 0. The van der Waals surface area contributed by atoms with Gasteiger partial charge in [0.05, 0.1) is 0 Å². The highest BCUT2D eigenvalue weighted by molar-refractivity contribution is 5.94. The summed E-state index contributed by atoms with van der Waals surface area (Å²) in [7, 11) is 0. The van der Waals surface area contributed by atoms with Crippen LogP contribution in [-0.4, -0.2) is 17.4 Å². The first kappa shape index (κ1) is 12.0. The summed E-state index contributed by atoms with van der Waals surface area (Å²) in [5.41, 5.74) is 4.61. The molecule has 1 aliphatic heterocycles. The minimum atomic E-state index is 0.134. The van der Waals surface area contributed by atoms with Crippen molar-refractivity contribution in [2.75, 3.05) is 6.54 Å². The molecule has 2 heteroatoms. The van der Waals surface area contributed by atoms with Gasteiger partial charge in [-0.15, -0.1) is 0 Å². The van der Waals surface area contributed by atoms with Crippen LogP contribution in [0.25, 0.3) is 0 Å². The Labute approximate surface area is 113 Å². The van der Waals surface area contributed by atoms with Crippen LogP contribution in [0.5, 0.6) is 0 Å². The van der Waals surface area contributed by atoms with Crippen molar-refractivity contribution in [3.63, 3.8) is 0 Å². The van der Waals surface area contributed by atoms with Crippen LogP contribution in [-0.2, 0) is 13.0 Å². The molecule has 1 amide bonds. The molecule has 2 aromatic rings.